The topological polar surface area (TPSA) is 85.8 Å². The summed E-state index contributed by atoms with van der Waals surface area (Å²) in [5.74, 6) is -0.290. The first-order valence-electron chi connectivity index (χ1n) is 5.45. The molecular formula is C9H14F3N5OS. The maximum absolute atomic E-state index is 11.9. The van der Waals surface area contributed by atoms with Crippen molar-refractivity contribution in [3.63, 3.8) is 0 Å². The van der Waals surface area contributed by atoms with E-state index in [0.29, 0.717) is 17.5 Å². The second-order valence-electron chi connectivity index (χ2n) is 3.53. The molecule has 0 radical (unpaired) electrons. The van der Waals surface area contributed by atoms with E-state index in [1.54, 1.807) is 9.88 Å². The van der Waals surface area contributed by atoms with Gasteiger partial charge >= 0.3 is 6.18 Å². The average Bonchev–Trinajstić information content (AvgIpc) is 2.74. The number of thioether (sulfide) groups is 1. The van der Waals surface area contributed by atoms with Crippen LogP contribution in [0.2, 0.25) is 0 Å². The van der Waals surface area contributed by atoms with Crippen molar-refractivity contribution in [2.24, 2.45) is 5.73 Å². The lowest BCUT2D eigenvalue weighted by Crippen LogP contribution is -2.34. The van der Waals surface area contributed by atoms with Crippen LogP contribution in [0.4, 0.5) is 13.2 Å². The molecule has 0 fully saturated rings. The Balaban J connectivity index is 2.48. The Bertz CT molecular complexity index is 434. The summed E-state index contributed by atoms with van der Waals surface area (Å²) in [5.41, 5.74) is 5.45. The van der Waals surface area contributed by atoms with Crippen molar-refractivity contribution in [1.82, 2.24) is 20.1 Å². The van der Waals surface area contributed by atoms with Gasteiger partial charge in [0.25, 0.3) is 0 Å². The molecule has 3 N–H and O–H groups in total. The first-order chi connectivity index (χ1) is 8.87. The van der Waals surface area contributed by atoms with Crippen LogP contribution >= 0.6 is 11.8 Å². The quantitative estimate of drug-likeness (QED) is 0.748. The van der Waals surface area contributed by atoms with Gasteiger partial charge in [-0.1, -0.05) is 11.8 Å². The van der Waals surface area contributed by atoms with Crippen molar-refractivity contribution >= 4 is 17.7 Å². The third-order valence-electron chi connectivity index (χ3n) is 2.11. The third kappa shape index (κ3) is 5.07. The van der Waals surface area contributed by atoms with Gasteiger partial charge in [-0.25, -0.2) is 0 Å². The number of carbonyl (C=O) groups is 1. The van der Waals surface area contributed by atoms with E-state index in [0.717, 1.165) is 11.8 Å². The van der Waals surface area contributed by atoms with E-state index in [4.69, 9.17) is 5.73 Å². The van der Waals surface area contributed by atoms with Gasteiger partial charge in [0.1, 0.15) is 12.4 Å². The highest BCUT2D eigenvalue weighted by Crippen LogP contribution is 2.17. The Morgan fingerprint density at radius 2 is 2.16 bits per heavy atom. The maximum Gasteiger partial charge on any atom is 0.405 e. The Labute approximate surface area is 111 Å². The van der Waals surface area contributed by atoms with E-state index in [1.807, 2.05) is 6.92 Å². The van der Waals surface area contributed by atoms with Crippen LogP contribution in [0.1, 0.15) is 12.7 Å². The molecule has 1 aromatic heterocycles. The molecule has 0 bridgehead atoms. The lowest BCUT2D eigenvalue weighted by Gasteiger charge is -2.08. The van der Waals surface area contributed by atoms with E-state index < -0.39 is 18.6 Å². The number of nitrogens with two attached hydrogens (primary N) is 1. The summed E-state index contributed by atoms with van der Waals surface area (Å²) in [6.07, 6.45) is -4.41. The summed E-state index contributed by atoms with van der Waals surface area (Å²) in [5, 5.41) is 9.90. The van der Waals surface area contributed by atoms with Crippen LogP contribution in [0.25, 0.3) is 0 Å². The summed E-state index contributed by atoms with van der Waals surface area (Å²) in [6.45, 7) is 1.31. The van der Waals surface area contributed by atoms with E-state index in [9.17, 15) is 18.0 Å². The Hall–Kier alpha value is -1.29. The van der Waals surface area contributed by atoms with E-state index in [2.05, 4.69) is 10.2 Å². The fraction of sp³-hybridized carbons (Fsp3) is 0.667. The number of nitrogens with zero attached hydrogens (tertiary/aromatic N) is 3. The maximum atomic E-state index is 11.9. The fourth-order valence-electron chi connectivity index (χ4n) is 1.27. The van der Waals surface area contributed by atoms with Crippen molar-refractivity contribution in [1.29, 1.82) is 0 Å². The van der Waals surface area contributed by atoms with Crippen LogP contribution in [-0.4, -0.2) is 39.1 Å². The van der Waals surface area contributed by atoms with E-state index >= 15 is 0 Å². The number of alkyl halides is 3. The molecule has 0 atom stereocenters. The molecule has 0 aliphatic rings. The molecule has 10 heteroatoms. The average molecular weight is 297 g/mol. The van der Waals surface area contributed by atoms with Crippen molar-refractivity contribution in [2.45, 2.75) is 31.3 Å². The highest BCUT2D eigenvalue weighted by Gasteiger charge is 2.27. The summed E-state index contributed by atoms with van der Waals surface area (Å²) in [7, 11) is 0. The molecule has 108 valence electrons. The van der Waals surface area contributed by atoms with Crippen LogP contribution < -0.4 is 11.1 Å². The molecule has 0 spiro atoms. The van der Waals surface area contributed by atoms with Crippen LogP contribution in [0.3, 0.4) is 0 Å². The van der Waals surface area contributed by atoms with Crippen LogP contribution in [0.5, 0.6) is 0 Å². The minimum atomic E-state index is -4.41. The molecule has 1 aromatic rings. The molecule has 1 rings (SSSR count). The number of halogens is 3. The van der Waals surface area contributed by atoms with Gasteiger partial charge < -0.3 is 15.6 Å². The van der Waals surface area contributed by atoms with Gasteiger partial charge in [0.05, 0.1) is 12.3 Å². The van der Waals surface area contributed by atoms with Crippen molar-refractivity contribution in [3.05, 3.63) is 5.82 Å². The molecule has 0 unspecified atom stereocenters. The zero-order chi connectivity index (χ0) is 14.5. The highest BCUT2D eigenvalue weighted by molar-refractivity contribution is 7.99. The Morgan fingerprint density at radius 3 is 2.68 bits per heavy atom. The normalized spacial score (nSPS) is 11.6. The zero-order valence-electron chi connectivity index (χ0n) is 10.2. The molecule has 19 heavy (non-hydrogen) atoms. The minimum Gasteiger partial charge on any atom is -0.346 e. The van der Waals surface area contributed by atoms with Crippen molar-refractivity contribution in [2.75, 3.05) is 12.3 Å². The number of hydrogen-bond donors (Lipinski definition) is 2. The number of carbonyl (C=O) groups excluding carboxylic acids is 1. The number of nitrogens with one attached hydrogen (secondary N) is 1. The molecule has 0 aliphatic heterocycles. The lowest BCUT2D eigenvalue weighted by molar-refractivity contribution is -0.136. The fourth-order valence-corrected chi connectivity index (χ4v) is 2.13. The highest BCUT2D eigenvalue weighted by atomic mass is 32.2. The van der Waals surface area contributed by atoms with Gasteiger partial charge in [-0.15, -0.1) is 10.2 Å². The Kier molecular flexibility index (Phi) is 5.60. The molecule has 0 aromatic carbocycles. The third-order valence-corrected chi connectivity index (χ3v) is 3.08. The largest absolute Gasteiger partial charge is 0.405 e. The first-order valence-corrected chi connectivity index (χ1v) is 6.44. The van der Waals surface area contributed by atoms with Gasteiger partial charge in [-0.3, -0.25) is 4.79 Å². The summed E-state index contributed by atoms with van der Waals surface area (Å²) in [4.78, 5) is 11.2. The van der Waals surface area contributed by atoms with Gasteiger partial charge in [0.2, 0.25) is 5.91 Å². The van der Waals surface area contributed by atoms with Crippen LogP contribution in [0, 0.1) is 0 Å². The smallest absolute Gasteiger partial charge is 0.346 e. The minimum absolute atomic E-state index is 0.154. The predicted molar refractivity (Wildman–Crippen MR) is 63.4 cm³/mol. The monoisotopic (exact) mass is 297 g/mol. The standard InChI is InChI=1S/C9H14F3N5OS/c1-2-17-6(3-13)15-16-8(17)19-4-7(18)14-5-9(10,11)12/h2-5,13H2,1H3,(H,14,18). The van der Waals surface area contributed by atoms with Gasteiger partial charge in [0, 0.05) is 6.54 Å². The Morgan fingerprint density at radius 1 is 1.47 bits per heavy atom. The van der Waals surface area contributed by atoms with Crippen LogP contribution in [0.15, 0.2) is 5.16 Å². The SMILES string of the molecule is CCn1c(CN)nnc1SCC(=O)NCC(F)(F)F. The molecule has 1 heterocycles. The van der Waals surface area contributed by atoms with Crippen molar-refractivity contribution < 1.29 is 18.0 Å². The summed E-state index contributed by atoms with van der Waals surface area (Å²) >= 11 is 1.02. The second kappa shape index (κ2) is 6.75. The van der Waals surface area contributed by atoms with Gasteiger partial charge in [0.15, 0.2) is 5.16 Å². The molecule has 6 nitrogen and oxygen atoms in total. The van der Waals surface area contributed by atoms with Gasteiger partial charge in [-0.2, -0.15) is 13.2 Å². The lowest BCUT2D eigenvalue weighted by atomic mass is 10.6. The number of hydrogen-bond acceptors (Lipinski definition) is 5. The number of rotatable bonds is 6. The predicted octanol–water partition coefficient (Wildman–Crippen LogP) is 0.527. The second-order valence-corrected chi connectivity index (χ2v) is 4.47. The van der Waals surface area contributed by atoms with Crippen molar-refractivity contribution in [3.8, 4) is 0 Å². The van der Waals surface area contributed by atoms with E-state index in [1.165, 1.54) is 0 Å². The molecule has 0 aliphatic carbocycles. The number of aromatic nitrogens is 3. The molecular weight excluding hydrogens is 283 g/mol. The molecule has 0 saturated carbocycles. The van der Waals surface area contributed by atoms with E-state index in [-0.39, 0.29) is 12.3 Å². The molecule has 1 amide bonds. The number of amides is 1. The summed E-state index contributed by atoms with van der Waals surface area (Å²) < 4.78 is 37.4. The first kappa shape index (κ1) is 15.8. The zero-order valence-corrected chi connectivity index (χ0v) is 11.0. The van der Waals surface area contributed by atoms with Crippen LogP contribution in [-0.2, 0) is 17.9 Å². The molecule has 0 saturated heterocycles. The summed E-state index contributed by atoms with van der Waals surface area (Å²) in [6, 6.07) is 0. The van der Waals surface area contributed by atoms with Gasteiger partial charge in [-0.05, 0) is 6.92 Å².